The van der Waals surface area contributed by atoms with Gasteiger partial charge in [0.2, 0.25) is 0 Å². The van der Waals surface area contributed by atoms with Gasteiger partial charge in [-0.15, -0.1) is 0 Å². The van der Waals surface area contributed by atoms with E-state index in [1.807, 2.05) is 0 Å². The molecule has 0 saturated heterocycles. The molecule has 0 amide bonds. The monoisotopic (exact) mass is 311 g/mol. The molecule has 2 atom stereocenters. The molecule has 2 unspecified atom stereocenters. The average Bonchev–Trinajstić information content (AvgIpc) is 2.94. The van der Waals surface area contributed by atoms with Crippen molar-refractivity contribution < 1.29 is 18.3 Å². The van der Waals surface area contributed by atoms with Gasteiger partial charge < -0.3 is 10.4 Å². The topological polar surface area (TPSA) is 83.5 Å². The van der Waals surface area contributed by atoms with Gasteiger partial charge in [0.25, 0.3) is 0 Å². The minimum absolute atomic E-state index is 0.0855. The standard InChI is InChI=1S/C15H21NO4S/c1-2-21(19,20)13-8-6-12(7-9-13)16-10-11-4-3-5-14(11)15(17)18/h6-9,11,14,16H,2-5,10H2,1H3,(H,17,18). The Bertz CT molecular complexity index is 595. The lowest BCUT2D eigenvalue weighted by Crippen LogP contribution is -2.24. The van der Waals surface area contributed by atoms with Crippen molar-refractivity contribution >= 4 is 21.5 Å². The van der Waals surface area contributed by atoms with Crippen LogP contribution in [0.4, 0.5) is 5.69 Å². The summed E-state index contributed by atoms with van der Waals surface area (Å²) in [6.07, 6.45) is 2.62. The van der Waals surface area contributed by atoms with E-state index >= 15 is 0 Å². The Labute approximate surface area is 125 Å². The van der Waals surface area contributed by atoms with E-state index in [0.29, 0.717) is 11.4 Å². The number of aliphatic carboxylic acids is 1. The van der Waals surface area contributed by atoms with Crippen LogP contribution in [0.1, 0.15) is 26.2 Å². The summed E-state index contributed by atoms with van der Waals surface area (Å²) in [5, 5.41) is 12.3. The second-order valence-corrected chi connectivity index (χ2v) is 7.72. The summed E-state index contributed by atoms with van der Waals surface area (Å²) in [6.45, 7) is 2.23. The first-order valence-electron chi connectivity index (χ1n) is 7.23. The number of carboxylic acids is 1. The highest BCUT2D eigenvalue weighted by molar-refractivity contribution is 7.91. The minimum Gasteiger partial charge on any atom is -0.481 e. The first-order valence-corrected chi connectivity index (χ1v) is 8.88. The molecule has 1 fully saturated rings. The highest BCUT2D eigenvalue weighted by atomic mass is 32.2. The van der Waals surface area contributed by atoms with Crippen LogP contribution in [0, 0.1) is 11.8 Å². The second kappa shape index (κ2) is 6.47. The van der Waals surface area contributed by atoms with Gasteiger partial charge in [-0.1, -0.05) is 13.3 Å². The van der Waals surface area contributed by atoms with Crippen LogP contribution in [0.15, 0.2) is 29.2 Å². The van der Waals surface area contributed by atoms with E-state index in [9.17, 15) is 13.2 Å². The largest absolute Gasteiger partial charge is 0.481 e. The summed E-state index contributed by atoms with van der Waals surface area (Å²) >= 11 is 0. The number of rotatable bonds is 6. The number of hydrogen-bond donors (Lipinski definition) is 2. The zero-order chi connectivity index (χ0) is 15.5. The molecule has 1 saturated carbocycles. The summed E-state index contributed by atoms with van der Waals surface area (Å²) in [5.41, 5.74) is 0.820. The lowest BCUT2D eigenvalue weighted by molar-refractivity contribution is -0.142. The van der Waals surface area contributed by atoms with Gasteiger partial charge in [-0.25, -0.2) is 8.42 Å². The highest BCUT2D eigenvalue weighted by Crippen LogP contribution is 2.32. The van der Waals surface area contributed by atoms with Crippen LogP contribution in [-0.4, -0.2) is 31.8 Å². The molecule has 2 rings (SSSR count). The van der Waals surface area contributed by atoms with E-state index < -0.39 is 15.8 Å². The van der Waals surface area contributed by atoms with Gasteiger partial charge in [0.1, 0.15) is 0 Å². The molecule has 2 N–H and O–H groups in total. The number of anilines is 1. The molecule has 1 aliphatic rings. The maximum absolute atomic E-state index is 11.7. The minimum atomic E-state index is -3.17. The third kappa shape index (κ3) is 3.75. The van der Waals surface area contributed by atoms with Crippen LogP contribution in [0.3, 0.4) is 0 Å². The number of nitrogens with one attached hydrogen (secondary N) is 1. The number of carbonyl (C=O) groups is 1. The third-order valence-electron chi connectivity index (χ3n) is 4.14. The summed E-state index contributed by atoms with van der Waals surface area (Å²) in [7, 11) is -3.17. The van der Waals surface area contributed by atoms with E-state index in [1.165, 1.54) is 0 Å². The Kier molecular flexibility index (Phi) is 4.88. The Morgan fingerprint density at radius 1 is 1.29 bits per heavy atom. The summed E-state index contributed by atoms with van der Waals surface area (Å²) in [5.74, 6) is -0.759. The summed E-state index contributed by atoms with van der Waals surface area (Å²) in [4.78, 5) is 11.4. The van der Waals surface area contributed by atoms with Crippen molar-refractivity contribution in [1.82, 2.24) is 0 Å². The maximum Gasteiger partial charge on any atom is 0.306 e. The molecule has 1 aliphatic carbocycles. The first-order chi connectivity index (χ1) is 9.94. The van der Waals surface area contributed by atoms with E-state index in [-0.39, 0.29) is 17.6 Å². The summed E-state index contributed by atoms with van der Waals surface area (Å²) < 4.78 is 23.4. The van der Waals surface area contributed by atoms with Crippen molar-refractivity contribution in [3.8, 4) is 0 Å². The number of benzene rings is 1. The fourth-order valence-electron chi connectivity index (χ4n) is 2.80. The van der Waals surface area contributed by atoms with Gasteiger partial charge >= 0.3 is 5.97 Å². The average molecular weight is 311 g/mol. The van der Waals surface area contributed by atoms with Crippen LogP contribution in [0.5, 0.6) is 0 Å². The van der Waals surface area contributed by atoms with Crippen molar-refractivity contribution in [1.29, 1.82) is 0 Å². The van der Waals surface area contributed by atoms with Crippen LogP contribution < -0.4 is 5.32 Å². The van der Waals surface area contributed by atoms with Gasteiger partial charge in [-0.2, -0.15) is 0 Å². The molecule has 1 aromatic carbocycles. The Hall–Kier alpha value is -1.56. The molecule has 0 aromatic heterocycles. The zero-order valence-corrected chi connectivity index (χ0v) is 12.9. The van der Waals surface area contributed by atoms with Crippen molar-refractivity contribution in [3.63, 3.8) is 0 Å². The maximum atomic E-state index is 11.7. The number of hydrogen-bond acceptors (Lipinski definition) is 4. The molecule has 5 nitrogen and oxygen atoms in total. The molecule has 0 bridgehead atoms. The van der Waals surface area contributed by atoms with Crippen molar-refractivity contribution in [2.24, 2.45) is 11.8 Å². The van der Waals surface area contributed by atoms with E-state index in [1.54, 1.807) is 31.2 Å². The molecular formula is C15H21NO4S. The van der Waals surface area contributed by atoms with E-state index in [2.05, 4.69) is 5.32 Å². The van der Waals surface area contributed by atoms with Gasteiger partial charge in [-0.05, 0) is 43.0 Å². The number of sulfone groups is 1. The summed E-state index contributed by atoms with van der Waals surface area (Å²) in [6, 6.07) is 6.63. The molecule has 0 heterocycles. The van der Waals surface area contributed by atoms with Crippen molar-refractivity contribution in [2.75, 3.05) is 17.6 Å². The van der Waals surface area contributed by atoms with Gasteiger partial charge in [0, 0.05) is 12.2 Å². The molecule has 0 radical (unpaired) electrons. The van der Waals surface area contributed by atoms with Crippen LogP contribution in [0.25, 0.3) is 0 Å². The lowest BCUT2D eigenvalue weighted by atomic mass is 9.96. The quantitative estimate of drug-likeness (QED) is 0.843. The Balaban J connectivity index is 1.97. The number of carboxylic acid groups (broad SMARTS) is 1. The van der Waals surface area contributed by atoms with Crippen LogP contribution in [0.2, 0.25) is 0 Å². The molecule has 0 aliphatic heterocycles. The normalized spacial score (nSPS) is 22.1. The zero-order valence-electron chi connectivity index (χ0n) is 12.1. The highest BCUT2D eigenvalue weighted by Gasteiger charge is 2.32. The Morgan fingerprint density at radius 2 is 1.95 bits per heavy atom. The van der Waals surface area contributed by atoms with Crippen LogP contribution in [-0.2, 0) is 14.6 Å². The first kappa shape index (κ1) is 15.8. The fraction of sp³-hybridized carbons (Fsp3) is 0.533. The predicted octanol–water partition coefficient (Wildman–Crippen LogP) is 2.39. The lowest BCUT2D eigenvalue weighted by Gasteiger charge is -2.17. The van der Waals surface area contributed by atoms with E-state index in [0.717, 1.165) is 24.9 Å². The molecule has 21 heavy (non-hydrogen) atoms. The van der Waals surface area contributed by atoms with Crippen molar-refractivity contribution in [2.45, 2.75) is 31.1 Å². The van der Waals surface area contributed by atoms with Gasteiger partial charge in [0.15, 0.2) is 9.84 Å². The fourth-order valence-corrected chi connectivity index (χ4v) is 3.69. The van der Waals surface area contributed by atoms with Gasteiger partial charge in [-0.3, -0.25) is 4.79 Å². The Morgan fingerprint density at radius 3 is 2.52 bits per heavy atom. The smallest absolute Gasteiger partial charge is 0.306 e. The second-order valence-electron chi connectivity index (χ2n) is 5.44. The molecule has 116 valence electrons. The molecular weight excluding hydrogens is 290 g/mol. The van der Waals surface area contributed by atoms with Crippen LogP contribution >= 0.6 is 0 Å². The van der Waals surface area contributed by atoms with E-state index in [4.69, 9.17) is 5.11 Å². The SMILES string of the molecule is CCS(=O)(=O)c1ccc(NCC2CCCC2C(=O)O)cc1. The molecule has 6 heteroatoms. The van der Waals surface area contributed by atoms with Gasteiger partial charge in [0.05, 0.1) is 16.6 Å². The molecule has 1 aromatic rings. The predicted molar refractivity (Wildman–Crippen MR) is 81.1 cm³/mol. The third-order valence-corrected chi connectivity index (χ3v) is 5.89. The van der Waals surface area contributed by atoms with Crippen molar-refractivity contribution in [3.05, 3.63) is 24.3 Å². The molecule has 0 spiro atoms.